The number of carbonyl (C=O) groups is 2. The molecule has 0 saturated carbocycles. The zero-order chi connectivity index (χ0) is 45.2. The number of aliphatic hydroxyl groups is 2. The van der Waals surface area contributed by atoms with Crippen LogP contribution in [0.1, 0.15) is 323 Å². The largest absolute Gasteiger partial charge is 0.462 e. The summed E-state index contributed by atoms with van der Waals surface area (Å²) in [5.41, 5.74) is 0. The number of hydrogen-bond donors (Lipinski definition) is 3. The van der Waals surface area contributed by atoms with Crippen LogP contribution in [0.3, 0.4) is 0 Å². The van der Waals surface area contributed by atoms with Gasteiger partial charge in [0.2, 0.25) is 5.91 Å². The Bertz CT molecular complexity index is 898. The second-order valence-electron chi connectivity index (χ2n) is 19.7. The van der Waals surface area contributed by atoms with Crippen molar-refractivity contribution in [1.82, 2.24) is 5.32 Å². The van der Waals surface area contributed by atoms with Crippen LogP contribution in [-0.2, 0) is 14.3 Å². The fourth-order valence-electron chi connectivity index (χ4n) is 9.14. The van der Waals surface area contributed by atoms with Gasteiger partial charge in [0, 0.05) is 6.42 Å². The van der Waals surface area contributed by atoms with Crippen molar-refractivity contribution in [1.29, 1.82) is 0 Å². The summed E-state index contributed by atoms with van der Waals surface area (Å²) in [6.45, 7) is 6.52. The van der Waals surface area contributed by atoms with Gasteiger partial charge in [-0.05, 0) is 25.7 Å². The lowest BCUT2D eigenvalue weighted by atomic mass is 10.0. The fraction of sp³-hybridized carbons (Fsp3) is 0.964. The van der Waals surface area contributed by atoms with Gasteiger partial charge in [0.25, 0.3) is 0 Å². The lowest BCUT2D eigenvalue weighted by Crippen LogP contribution is -2.46. The van der Waals surface area contributed by atoms with E-state index in [9.17, 15) is 19.8 Å². The highest BCUT2D eigenvalue weighted by Gasteiger charge is 2.24. The smallest absolute Gasteiger partial charge is 0.306 e. The average molecular weight is 879 g/mol. The zero-order valence-electron chi connectivity index (χ0n) is 42.3. The molecule has 6 heteroatoms. The third-order valence-corrected chi connectivity index (χ3v) is 13.4. The van der Waals surface area contributed by atoms with Crippen molar-refractivity contribution in [2.45, 2.75) is 341 Å². The van der Waals surface area contributed by atoms with Crippen LogP contribution < -0.4 is 5.32 Å². The third kappa shape index (κ3) is 45.4. The van der Waals surface area contributed by atoms with Crippen LogP contribution in [0.4, 0.5) is 0 Å². The molecule has 0 aliphatic rings. The number of carbonyl (C=O) groups excluding carboxylic acids is 2. The van der Waals surface area contributed by atoms with Crippen molar-refractivity contribution in [2.24, 2.45) is 0 Å². The molecule has 0 saturated heterocycles. The van der Waals surface area contributed by atoms with Gasteiger partial charge in [-0.3, -0.25) is 9.59 Å². The maximum atomic E-state index is 13.2. The standard InChI is InChI=1S/C56H111NO5/c1-4-7-10-13-16-19-22-24-26-28-30-32-34-37-40-43-46-49-56(61)62-52(47-44-41-38-35-33-31-29-27-25-23-20-17-14-11-8-5-2)50-55(60)57-53(51-58)54(59)48-45-42-39-36-21-18-15-12-9-6-3/h52-54,58-59H,4-51H2,1-3H3,(H,57,60). The molecular formula is C56H111NO5. The number of esters is 1. The summed E-state index contributed by atoms with van der Waals surface area (Å²) in [5.74, 6) is -0.446. The Morgan fingerprint density at radius 2 is 0.677 bits per heavy atom. The molecule has 0 aliphatic carbocycles. The molecule has 0 radical (unpaired) electrons. The summed E-state index contributed by atoms with van der Waals surface area (Å²) in [4.78, 5) is 26.2. The minimum Gasteiger partial charge on any atom is -0.462 e. The van der Waals surface area contributed by atoms with Crippen molar-refractivity contribution in [3.05, 3.63) is 0 Å². The quantitative estimate of drug-likeness (QED) is 0.0418. The highest BCUT2D eigenvalue weighted by molar-refractivity contribution is 5.77. The van der Waals surface area contributed by atoms with Crippen molar-refractivity contribution in [3.8, 4) is 0 Å². The van der Waals surface area contributed by atoms with E-state index in [0.717, 1.165) is 38.5 Å². The normalized spacial score (nSPS) is 13.0. The van der Waals surface area contributed by atoms with Crippen LogP contribution >= 0.6 is 0 Å². The van der Waals surface area contributed by atoms with E-state index in [4.69, 9.17) is 4.74 Å². The van der Waals surface area contributed by atoms with E-state index in [1.54, 1.807) is 0 Å². The van der Waals surface area contributed by atoms with Gasteiger partial charge in [0.05, 0.1) is 25.2 Å². The van der Waals surface area contributed by atoms with Crippen molar-refractivity contribution in [2.75, 3.05) is 6.61 Å². The molecule has 0 bridgehead atoms. The van der Waals surface area contributed by atoms with Gasteiger partial charge in [-0.1, -0.05) is 284 Å². The molecule has 3 atom stereocenters. The first-order valence-electron chi connectivity index (χ1n) is 28.3. The molecule has 0 aromatic heterocycles. The first-order chi connectivity index (χ1) is 30.5. The highest BCUT2D eigenvalue weighted by Crippen LogP contribution is 2.19. The Labute approximate surface area is 387 Å². The van der Waals surface area contributed by atoms with Crippen LogP contribution in [0, 0.1) is 0 Å². The molecule has 0 aromatic rings. The third-order valence-electron chi connectivity index (χ3n) is 13.4. The predicted octanol–water partition coefficient (Wildman–Crippen LogP) is 17.1. The summed E-state index contributed by atoms with van der Waals surface area (Å²) in [5, 5.41) is 23.8. The number of rotatable bonds is 52. The van der Waals surface area contributed by atoms with E-state index in [0.29, 0.717) is 19.3 Å². The molecule has 6 nitrogen and oxygen atoms in total. The number of nitrogens with one attached hydrogen (secondary N) is 1. The maximum Gasteiger partial charge on any atom is 0.306 e. The summed E-state index contributed by atoms with van der Waals surface area (Å²) >= 11 is 0. The lowest BCUT2D eigenvalue weighted by molar-refractivity contribution is -0.151. The second-order valence-corrected chi connectivity index (χ2v) is 19.7. The van der Waals surface area contributed by atoms with Crippen molar-refractivity contribution in [3.63, 3.8) is 0 Å². The summed E-state index contributed by atoms with van der Waals surface area (Å²) in [6.07, 6.45) is 56.0. The maximum absolute atomic E-state index is 13.2. The molecule has 0 aromatic carbocycles. The van der Waals surface area contributed by atoms with Crippen molar-refractivity contribution >= 4 is 11.9 Å². The molecule has 0 aliphatic heterocycles. The minimum atomic E-state index is -0.779. The number of ether oxygens (including phenoxy) is 1. The predicted molar refractivity (Wildman–Crippen MR) is 269 cm³/mol. The zero-order valence-corrected chi connectivity index (χ0v) is 42.3. The van der Waals surface area contributed by atoms with Gasteiger partial charge >= 0.3 is 5.97 Å². The van der Waals surface area contributed by atoms with E-state index in [1.807, 2.05) is 0 Å². The number of unbranched alkanes of at least 4 members (excludes halogenated alkanes) is 40. The molecule has 3 unspecified atom stereocenters. The van der Waals surface area contributed by atoms with Crippen LogP contribution in [0.5, 0.6) is 0 Å². The van der Waals surface area contributed by atoms with Gasteiger partial charge < -0.3 is 20.3 Å². The summed E-state index contributed by atoms with van der Waals surface area (Å²) in [6, 6.07) is -0.692. The van der Waals surface area contributed by atoms with Gasteiger partial charge in [-0.15, -0.1) is 0 Å². The topological polar surface area (TPSA) is 95.9 Å². The first kappa shape index (κ1) is 60.9. The van der Waals surface area contributed by atoms with Crippen molar-refractivity contribution < 1.29 is 24.5 Å². The molecular weight excluding hydrogens is 767 g/mol. The molecule has 0 fully saturated rings. The molecule has 0 spiro atoms. The number of hydrogen-bond acceptors (Lipinski definition) is 5. The molecule has 1 amide bonds. The van der Waals surface area contributed by atoms with E-state index in [2.05, 4.69) is 26.1 Å². The number of aliphatic hydroxyl groups excluding tert-OH is 2. The Morgan fingerprint density at radius 1 is 0.403 bits per heavy atom. The highest BCUT2D eigenvalue weighted by atomic mass is 16.5. The number of amides is 1. The Balaban J connectivity index is 4.47. The minimum absolute atomic E-state index is 0.0883. The van der Waals surface area contributed by atoms with Crippen LogP contribution in [0.25, 0.3) is 0 Å². The molecule has 0 rings (SSSR count). The van der Waals surface area contributed by atoms with Crippen LogP contribution in [0.2, 0.25) is 0 Å². The van der Waals surface area contributed by atoms with E-state index >= 15 is 0 Å². The van der Waals surface area contributed by atoms with E-state index < -0.39 is 18.2 Å². The average Bonchev–Trinajstić information content (AvgIpc) is 3.26. The Morgan fingerprint density at radius 3 is 0.984 bits per heavy atom. The van der Waals surface area contributed by atoms with Crippen LogP contribution in [0.15, 0.2) is 0 Å². The lowest BCUT2D eigenvalue weighted by Gasteiger charge is -2.24. The second kappa shape index (κ2) is 50.9. The van der Waals surface area contributed by atoms with Gasteiger partial charge in [0.1, 0.15) is 6.10 Å². The molecule has 370 valence electrons. The van der Waals surface area contributed by atoms with E-state index in [-0.39, 0.29) is 24.9 Å². The van der Waals surface area contributed by atoms with Crippen LogP contribution in [-0.4, -0.2) is 46.9 Å². The molecule has 3 N–H and O–H groups in total. The van der Waals surface area contributed by atoms with Gasteiger partial charge in [-0.25, -0.2) is 0 Å². The first-order valence-corrected chi connectivity index (χ1v) is 28.3. The monoisotopic (exact) mass is 878 g/mol. The van der Waals surface area contributed by atoms with Gasteiger partial charge in [0.15, 0.2) is 0 Å². The Hall–Kier alpha value is -1.14. The molecule has 62 heavy (non-hydrogen) atoms. The van der Waals surface area contributed by atoms with E-state index in [1.165, 1.54) is 238 Å². The summed E-state index contributed by atoms with van der Waals surface area (Å²) < 4.78 is 5.96. The van der Waals surface area contributed by atoms with Gasteiger partial charge in [-0.2, -0.15) is 0 Å². The Kier molecular flexibility index (Phi) is 49.9. The molecule has 0 heterocycles. The summed E-state index contributed by atoms with van der Waals surface area (Å²) in [7, 11) is 0. The fourth-order valence-corrected chi connectivity index (χ4v) is 9.14. The SMILES string of the molecule is CCCCCCCCCCCCCCCCCCCC(=O)OC(CCCCCCCCCCCCCCCCCC)CC(=O)NC(CO)C(O)CCCCCCCCCCCC.